The predicted octanol–water partition coefficient (Wildman–Crippen LogP) is 4.01. The number of aromatic nitrogens is 2. The number of benzene rings is 1. The topological polar surface area (TPSA) is 85.1 Å². The van der Waals surface area contributed by atoms with Crippen molar-refractivity contribution in [1.29, 1.82) is 0 Å². The number of nitrogens with zero attached hydrogens (tertiary/aromatic N) is 2. The number of rotatable bonds is 5. The average molecular weight is 379 g/mol. The Balaban J connectivity index is 1.55. The lowest BCUT2D eigenvalue weighted by molar-refractivity contribution is 0.292. The lowest BCUT2D eigenvalue weighted by Gasteiger charge is -2.20. The van der Waals surface area contributed by atoms with Crippen molar-refractivity contribution < 1.29 is 17.3 Å². The van der Waals surface area contributed by atoms with Gasteiger partial charge in [0.25, 0.3) is 10.0 Å². The number of halogens is 1. The largest absolute Gasteiger partial charge is 0.339 e. The maximum Gasteiger partial charge on any atom is 0.271 e. The molecule has 1 N–H and O–H groups in total. The molecular weight excluding hydrogens is 365 g/mol. The van der Waals surface area contributed by atoms with Crippen molar-refractivity contribution in [1.82, 2.24) is 10.1 Å². The Bertz CT molecular complexity index is 992. The fourth-order valence-corrected chi connectivity index (χ4v) is 4.69. The predicted molar refractivity (Wildman–Crippen MR) is 91.4 cm³/mol. The summed E-state index contributed by atoms with van der Waals surface area (Å²) in [4.78, 5) is 4.36. The smallest absolute Gasteiger partial charge is 0.271 e. The molecule has 1 fully saturated rings. The second-order valence-corrected chi connectivity index (χ2v) is 8.67. The molecule has 1 aromatic carbocycles. The molecule has 9 heteroatoms. The van der Waals surface area contributed by atoms with Gasteiger partial charge in [0.15, 0.2) is 0 Å². The number of thiophene rings is 1. The van der Waals surface area contributed by atoms with Gasteiger partial charge in [-0.25, -0.2) is 12.8 Å². The highest BCUT2D eigenvalue weighted by Gasteiger charge is 2.26. The van der Waals surface area contributed by atoms with Crippen molar-refractivity contribution in [2.24, 2.45) is 0 Å². The molecule has 0 spiro atoms. The minimum atomic E-state index is -3.76. The molecule has 6 nitrogen and oxygen atoms in total. The van der Waals surface area contributed by atoms with Crippen LogP contribution in [0.3, 0.4) is 0 Å². The van der Waals surface area contributed by atoms with E-state index >= 15 is 0 Å². The lowest BCUT2D eigenvalue weighted by atomic mass is 9.85. The summed E-state index contributed by atoms with van der Waals surface area (Å²) < 4.78 is 45.6. The molecule has 1 aliphatic carbocycles. The van der Waals surface area contributed by atoms with Gasteiger partial charge in [-0.1, -0.05) is 11.6 Å². The van der Waals surface area contributed by atoms with Crippen LogP contribution >= 0.6 is 11.3 Å². The molecule has 130 valence electrons. The Kier molecular flexibility index (Phi) is 4.04. The summed E-state index contributed by atoms with van der Waals surface area (Å²) in [6.45, 7) is 0. The highest BCUT2D eigenvalue weighted by molar-refractivity contribution is 7.94. The third-order valence-corrected chi connectivity index (χ3v) is 6.91. The maximum absolute atomic E-state index is 12.9. The molecule has 0 amide bonds. The van der Waals surface area contributed by atoms with E-state index < -0.39 is 15.8 Å². The Hall–Kier alpha value is -2.26. The highest BCUT2D eigenvalue weighted by atomic mass is 32.2. The number of sulfonamides is 1. The van der Waals surface area contributed by atoms with Gasteiger partial charge < -0.3 is 4.52 Å². The molecule has 0 radical (unpaired) electrons. The van der Waals surface area contributed by atoms with Crippen molar-refractivity contribution in [2.75, 3.05) is 4.72 Å². The highest BCUT2D eigenvalue weighted by Crippen LogP contribution is 2.36. The van der Waals surface area contributed by atoms with E-state index in [1.165, 1.54) is 30.3 Å². The Morgan fingerprint density at radius 1 is 1.24 bits per heavy atom. The summed E-state index contributed by atoms with van der Waals surface area (Å²) >= 11 is 1.06. The molecule has 2 heterocycles. The molecule has 25 heavy (non-hydrogen) atoms. The van der Waals surface area contributed by atoms with E-state index in [9.17, 15) is 12.8 Å². The first-order valence-electron chi connectivity index (χ1n) is 7.72. The van der Waals surface area contributed by atoms with Crippen molar-refractivity contribution in [3.63, 3.8) is 0 Å². The van der Waals surface area contributed by atoms with E-state index in [1.807, 2.05) is 0 Å². The van der Waals surface area contributed by atoms with Crippen LogP contribution in [0.15, 0.2) is 44.4 Å². The van der Waals surface area contributed by atoms with Crippen LogP contribution in [-0.4, -0.2) is 18.6 Å². The van der Waals surface area contributed by atoms with Gasteiger partial charge in [-0.05, 0) is 43.2 Å². The normalized spacial score (nSPS) is 15.1. The van der Waals surface area contributed by atoms with E-state index in [4.69, 9.17) is 4.52 Å². The molecule has 3 aromatic rings. The van der Waals surface area contributed by atoms with Crippen LogP contribution in [0.5, 0.6) is 0 Å². The molecule has 0 saturated heterocycles. The van der Waals surface area contributed by atoms with E-state index in [-0.39, 0.29) is 4.21 Å². The zero-order valence-corrected chi connectivity index (χ0v) is 14.6. The Labute approximate surface area is 147 Å². The number of hydrogen-bond donors (Lipinski definition) is 1. The Morgan fingerprint density at radius 3 is 2.68 bits per heavy atom. The summed E-state index contributed by atoms with van der Waals surface area (Å²) in [5.74, 6) is 0.895. The standard InChI is InChI=1S/C16H14FN3O3S2/c17-12-4-6-13(7-5-12)20-25(21,22)14-8-11(9-24-14)15-18-16(23-19-15)10-2-1-3-10/h4-10,20H,1-3H2. The maximum atomic E-state index is 12.9. The fraction of sp³-hybridized carbons (Fsp3) is 0.250. The van der Waals surface area contributed by atoms with Gasteiger partial charge in [0, 0.05) is 22.5 Å². The molecule has 1 saturated carbocycles. The second-order valence-electron chi connectivity index (χ2n) is 5.85. The van der Waals surface area contributed by atoms with E-state index in [0.29, 0.717) is 28.9 Å². The van der Waals surface area contributed by atoms with Gasteiger partial charge in [-0.15, -0.1) is 11.3 Å². The molecule has 0 unspecified atom stereocenters. The zero-order valence-electron chi connectivity index (χ0n) is 13.0. The average Bonchev–Trinajstić information content (AvgIpc) is 3.17. The summed E-state index contributed by atoms with van der Waals surface area (Å²) in [7, 11) is -3.76. The van der Waals surface area contributed by atoms with Crippen molar-refractivity contribution in [3.05, 3.63) is 47.4 Å². The molecule has 0 bridgehead atoms. The van der Waals surface area contributed by atoms with Crippen LogP contribution in [0, 0.1) is 5.82 Å². The third-order valence-electron chi connectivity index (χ3n) is 4.09. The molecule has 0 atom stereocenters. The van der Waals surface area contributed by atoms with Gasteiger partial charge in [-0.3, -0.25) is 4.72 Å². The quantitative estimate of drug-likeness (QED) is 0.724. The summed E-state index contributed by atoms with van der Waals surface area (Å²) in [6, 6.07) is 6.63. The van der Waals surface area contributed by atoms with Crippen molar-refractivity contribution in [3.8, 4) is 11.4 Å². The summed E-state index contributed by atoms with van der Waals surface area (Å²) in [5, 5.41) is 5.62. The number of nitrogens with one attached hydrogen (secondary N) is 1. The van der Waals surface area contributed by atoms with Crippen molar-refractivity contribution >= 4 is 27.0 Å². The van der Waals surface area contributed by atoms with Crippen LogP contribution in [0.1, 0.15) is 31.1 Å². The fourth-order valence-electron chi connectivity index (χ4n) is 2.47. The van der Waals surface area contributed by atoms with E-state index in [1.54, 1.807) is 5.38 Å². The van der Waals surface area contributed by atoms with Gasteiger partial charge in [0.05, 0.1) is 0 Å². The third kappa shape index (κ3) is 3.29. The monoisotopic (exact) mass is 379 g/mol. The minimum Gasteiger partial charge on any atom is -0.339 e. The summed E-state index contributed by atoms with van der Waals surface area (Å²) in [6.07, 6.45) is 3.26. The van der Waals surface area contributed by atoms with Crippen LogP contribution in [0.2, 0.25) is 0 Å². The van der Waals surface area contributed by atoms with Crippen LogP contribution < -0.4 is 4.72 Å². The van der Waals surface area contributed by atoms with Crippen LogP contribution in [-0.2, 0) is 10.0 Å². The summed E-state index contributed by atoms with van der Waals surface area (Å²) in [5.41, 5.74) is 0.891. The number of anilines is 1. The first-order valence-corrected chi connectivity index (χ1v) is 10.1. The van der Waals surface area contributed by atoms with E-state index in [0.717, 1.165) is 30.6 Å². The second kappa shape index (κ2) is 6.23. The van der Waals surface area contributed by atoms with Gasteiger partial charge >= 0.3 is 0 Å². The van der Waals surface area contributed by atoms with E-state index in [2.05, 4.69) is 14.9 Å². The minimum absolute atomic E-state index is 0.127. The molecular formula is C16H14FN3O3S2. The zero-order chi connectivity index (χ0) is 17.4. The van der Waals surface area contributed by atoms with Gasteiger partial charge in [-0.2, -0.15) is 4.98 Å². The first kappa shape index (κ1) is 16.2. The van der Waals surface area contributed by atoms with Gasteiger partial charge in [0.2, 0.25) is 11.7 Å². The molecule has 4 rings (SSSR count). The lowest BCUT2D eigenvalue weighted by Crippen LogP contribution is -2.11. The molecule has 2 aromatic heterocycles. The number of hydrogen-bond acceptors (Lipinski definition) is 6. The first-order chi connectivity index (χ1) is 12.0. The SMILES string of the molecule is O=S(=O)(Nc1ccc(F)cc1)c1cc(-c2noc(C3CCC3)n2)cs1. The molecule has 0 aliphatic heterocycles. The van der Waals surface area contributed by atoms with Crippen LogP contribution in [0.4, 0.5) is 10.1 Å². The van der Waals surface area contributed by atoms with Crippen LogP contribution in [0.25, 0.3) is 11.4 Å². The Morgan fingerprint density at radius 2 is 2.00 bits per heavy atom. The molecule has 1 aliphatic rings. The van der Waals surface area contributed by atoms with Gasteiger partial charge in [0.1, 0.15) is 10.0 Å². The van der Waals surface area contributed by atoms with Crippen molar-refractivity contribution in [2.45, 2.75) is 29.4 Å².